The van der Waals surface area contributed by atoms with Crippen LogP contribution in [0.1, 0.15) is 24.2 Å². The average Bonchev–Trinajstić information content (AvgIpc) is 2.27. The summed E-state index contributed by atoms with van der Waals surface area (Å²) < 4.78 is 37.4. The van der Waals surface area contributed by atoms with Crippen LogP contribution in [-0.4, -0.2) is 29.4 Å². The van der Waals surface area contributed by atoms with Crippen molar-refractivity contribution < 1.29 is 23.4 Å². The predicted molar refractivity (Wildman–Crippen MR) is 61.0 cm³/mol. The Kier molecular flexibility index (Phi) is 5.13. The van der Waals surface area contributed by atoms with Gasteiger partial charge in [-0.3, -0.25) is 0 Å². The second-order valence-corrected chi connectivity index (χ2v) is 4.15. The Morgan fingerprint density at radius 2 is 1.89 bits per heavy atom. The quantitative estimate of drug-likeness (QED) is 0.758. The summed E-state index contributed by atoms with van der Waals surface area (Å²) in [6.45, 7) is 1.94. The third-order valence-electron chi connectivity index (χ3n) is 2.38. The fourth-order valence-electron chi connectivity index (χ4n) is 1.47. The molecule has 102 valence electrons. The molecule has 3 N–H and O–H groups in total. The third-order valence-corrected chi connectivity index (χ3v) is 2.38. The Morgan fingerprint density at radius 1 is 1.22 bits per heavy atom. The number of benzene rings is 1. The van der Waals surface area contributed by atoms with Gasteiger partial charge in [0.25, 0.3) is 0 Å². The summed E-state index contributed by atoms with van der Waals surface area (Å²) in [5.41, 5.74) is -0.586. The molecule has 0 fully saturated rings. The summed E-state index contributed by atoms with van der Waals surface area (Å²) in [6.07, 6.45) is -6.02. The molecule has 0 radical (unpaired) electrons. The van der Waals surface area contributed by atoms with Crippen LogP contribution in [0.15, 0.2) is 24.3 Å². The first kappa shape index (κ1) is 14.9. The standard InChI is InChI=1S/C12H16F3NO2/c1-8(17)6-16-7-11(18)9-3-2-4-10(5-9)12(13,14)15/h2-5,8,11,16-18H,6-7H2,1H3. The summed E-state index contributed by atoms with van der Waals surface area (Å²) in [4.78, 5) is 0. The Labute approximate surface area is 103 Å². The van der Waals surface area contributed by atoms with Crippen LogP contribution in [0.4, 0.5) is 13.2 Å². The van der Waals surface area contributed by atoms with Gasteiger partial charge in [0.05, 0.1) is 17.8 Å². The molecule has 1 rings (SSSR count). The maximum atomic E-state index is 12.5. The molecule has 1 aromatic carbocycles. The molecule has 0 heterocycles. The molecule has 2 atom stereocenters. The van der Waals surface area contributed by atoms with Crippen LogP contribution in [-0.2, 0) is 6.18 Å². The van der Waals surface area contributed by atoms with E-state index in [0.29, 0.717) is 0 Å². The van der Waals surface area contributed by atoms with Crippen LogP contribution in [0.3, 0.4) is 0 Å². The molecule has 18 heavy (non-hydrogen) atoms. The van der Waals surface area contributed by atoms with Crippen LogP contribution < -0.4 is 5.32 Å². The van der Waals surface area contributed by atoms with Crippen molar-refractivity contribution in [1.29, 1.82) is 0 Å². The highest BCUT2D eigenvalue weighted by Crippen LogP contribution is 2.30. The van der Waals surface area contributed by atoms with Gasteiger partial charge in [-0.2, -0.15) is 13.2 Å². The molecule has 0 aromatic heterocycles. The number of halogens is 3. The number of aliphatic hydroxyl groups is 2. The van der Waals surface area contributed by atoms with Crippen molar-refractivity contribution in [2.24, 2.45) is 0 Å². The largest absolute Gasteiger partial charge is 0.416 e. The lowest BCUT2D eigenvalue weighted by atomic mass is 10.1. The smallest absolute Gasteiger partial charge is 0.392 e. The predicted octanol–water partition coefficient (Wildman–Crippen LogP) is 1.71. The first-order chi connectivity index (χ1) is 8.30. The Morgan fingerprint density at radius 3 is 2.44 bits per heavy atom. The van der Waals surface area contributed by atoms with Crippen LogP contribution in [0.2, 0.25) is 0 Å². The summed E-state index contributed by atoms with van der Waals surface area (Å²) in [5.74, 6) is 0. The monoisotopic (exact) mass is 263 g/mol. The lowest BCUT2D eigenvalue weighted by Gasteiger charge is -2.15. The van der Waals surface area contributed by atoms with Crippen molar-refractivity contribution in [3.8, 4) is 0 Å². The van der Waals surface area contributed by atoms with Gasteiger partial charge in [-0.1, -0.05) is 12.1 Å². The SMILES string of the molecule is CC(O)CNCC(O)c1cccc(C(F)(F)F)c1. The van der Waals surface area contributed by atoms with Crippen LogP contribution in [0.5, 0.6) is 0 Å². The lowest BCUT2D eigenvalue weighted by molar-refractivity contribution is -0.137. The molecular weight excluding hydrogens is 247 g/mol. The maximum Gasteiger partial charge on any atom is 0.416 e. The zero-order valence-corrected chi connectivity index (χ0v) is 9.91. The molecule has 0 spiro atoms. The minimum Gasteiger partial charge on any atom is -0.392 e. The summed E-state index contributed by atoms with van der Waals surface area (Å²) in [5, 5.41) is 21.5. The van der Waals surface area contributed by atoms with Crippen molar-refractivity contribution in [1.82, 2.24) is 5.32 Å². The van der Waals surface area contributed by atoms with E-state index in [-0.39, 0.29) is 18.7 Å². The molecule has 0 aliphatic rings. The highest BCUT2D eigenvalue weighted by Gasteiger charge is 2.30. The minimum absolute atomic E-state index is 0.0895. The summed E-state index contributed by atoms with van der Waals surface area (Å²) in [7, 11) is 0. The van der Waals surface area contributed by atoms with Crippen LogP contribution >= 0.6 is 0 Å². The van der Waals surface area contributed by atoms with Gasteiger partial charge < -0.3 is 15.5 Å². The first-order valence-corrected chi connectivity index (χ1v) is 5.54. The van der Waals surface area contributed by atoms with Gasteiger partial charge in [0.2, 0.25) is 0 Å². The molecule has 6 heteroatoms. The highest BCUT2D eigenvalue weighted by molar-refractivity contribution is 5.27. The van der Waals surface area contributed by atoms with E-state index < -0.39 is 23.9 Å². The zero-order valence-electron chi connectivity index (χ0n) is 9.91. The number of hydrogen-bond donors (Lipinski definition) is 3. The van der Waals surface area contributed by atoms with Gasteiger partial charge in [0.15, 0.2) is 0 Å². The fourth-order valence-corrected chi connectivity index (χ4v) is 1.47. The van der Waals surface area contributed by atoms with Crippen molar-refractivity contribution >= 4 is 0 Å². The van der Waals surface area contributed by atoms with E-state index in [2.05, 4.69) is 5.32 Å². The second-order valence-electron chi connectivity index (χ2n) is 4.15. The number of hydrogen-bond acceptors (Lipinski definition) is 3. The van der Waals surface area contributed by atoms with E-state index in [1.807, 2.05) is 0 Å². The van der Waals surface area contributed by atoms with Crippen LogP contribution in [0, 0.1) is 0 Å². The molecule has 0 saturated carbocycles. The molecule has 3 nitrogen and oxygen atoms in total. The van der Waals surface area contributed by atoms with Gasteiger partial charge in [0, 0.05) is 13.1 Å². The average molecular weight is 263 g/mol. The Bertz CT molecular complexity index is 380. The van der Waals surface area contributed by atoms with Crippen molar-refractivity contribution in [3.05, 3.63) is 35.4 Å². The summed E-state index contributed by atoms with van der Waals surface area (Å²) >= 11 is 0. The highest BCUT2D eigenvalue weighted by atomic mass is 19.4. The third kappa shape index (κ3) is 4.64. The van der Waals surface area contributed by atoms with E-state index in [1.165, 1.54) is 12.1 Å². The maximum absolute atomic E-state index is 12.5. The molecule has 0 saturated heterocycles. The van der Waals surface area contributed by atoms with Gasteiger partial charge in [0.1, 0.15) is 0 Å². The van der Waals surface area contributed by atoms with Gasteiger partial charge in [-0.05, 0) is 24.6 Å². The first-order valence-electron chi connectivity index (χ1n) is 5.54. The van der Waals surface area contributed by atoms with E-state index in [9.17, 15) is 18.3 Å². The minimum atomic E-state index is -4.41. The van der Waals surface area contributed by atoms with Crippen LogP contribution in [0.25, 0.3) is 0 Å². The van der Waals surface area contributed by atoms with Crippen molar-refractivity contribution in [2.75, 3.05) is 13.1 Å². The van der Waals surface area contributed by atoms with Gasteiger partial charge in [-0.15, -0.1) is 0 Å². The molecule has 0 aliphatic carbocycles. The van der Waals surface area contributed by atoms with Crippen molar-refractivity contribution in [3.63, 3.8) is 0 Å². The molecule has 2 unspecified atom stereocenters. The number of alkyl halides is 3. The molecule has 0 amide bonds. The van der Waals surface area contributed by atoms with Gasteiger partial charge in [-0.25, -0.2) is 0 Å². The Balaban J connectivity index is 2.66. The number of rotatable bonds is 5. The number of aliphatic hydroxyl groups excluding tert-OH is 2. The molecular formula is C12H16F3NO2. The molecule has 1 aromatic rings. The fraction of sp³-hybridized carbons (Fsp3) is 0.500. The molecule has 0 aliphatic heterocycles. The van der Waals surface area contributed by atoms with E-state index in [1.54, 1.807) is 6.92 Å². The topological polar surface area (TPSA) is 52.5 Å². The second kappa shape index (κ2) is 6.17. The molecule has 0 bridgehead atoms. The normalized spacial score (nSPS) is 15.4. The van der Waals surface area contributed by atoms with Crippen molar-refractivity contribution in [2.45, 2.75) is 25.3 Å². The lowest BCUT2D eigenvalue weighted by Crippen LogP contribution is -2.28. The van der Waals surface area contributed by atoms with E-state index in [4.69, 9.17) is 5.11 Å². The van der Waals surface area contributed by atoms with E-state index >= 15 is 0 Å². The summed E-state index contributed by atoms with van der Waals surface area (Å²) in [6, 6.07) is 4.58. The zero-order chi connectivity index (χ0) is 13.8. The Hall–Kier alpha value is -1.11. The number of nitrogens with one attached hydrogen (secondary N) is 1. The van der Waals surface area contributed by atoms with E-state index in [0.717, 1.165) is 12.1 Å². The van der Waals surface area contributed by atoms with Gasteiger partial charge >= 0.3 is 6.18 Å².